The van der Waals surface area contributed by atoms with E-state index in [9.17, 15) is 4.79 Å². The number of nitrogens with one attached hydrogen (secondary N) is 1. The molecule has 0 bridgehead atoms. The Bertz CT molecular complexity index is 625. The van der Waals surface area contributed by atoms with Crippen LogP contribution in [-0.2, 0) is 4.79 Å². The fourth-order valence-corrected chi connectivity index (χ4v) is 2.55. The Labute approximate surface area is 145 Å². The quantitative estimate of drug-likeness (QED) is 0.695. The molecule has 0 aliphatic rings. The van der Waals surface area contributed by atoms with Gasteiger partial charge in [0.25, 0.3) is 5.91 Å². The van der Waals surface area contributed by atoms with Crippen LogP contribution < -0.4 is 10.1 Å². The summed E-state index contributed by atoms with van der Waals surface area (Å²) in [5, 5.41) is 2.85. The summed E-state index contributed by atoms with van der Waals surface area (Å²) in [6, 6.07) is 15.6. The van der Waals surface area contributed by atoms with Crippen molar-refractivity contribution in [2.75, 3.05) is 11.9 Å². The number of carbonyl (C=O) groups is 1. The van der Waals surface area contributed by atoms with Gasteiger partial charge in [-0.25, -0.2) is 0 Å². The zero-order valence-electron chi connectivity index (χ0n) is 12.8. The van der Waals surface area contributed by atoms with Crippen LogP contribution in [0.4, 0.5) is 5.69 Å². The Morgan fingerprint density at radius 1 is 1.18 bits per heavy atom. The van der Waals surface area contributed by atoms with E-state index in [4.69, 9.17) is 4.74 Å². The van der Waals surface area contributed by atoms with Gasteiger partial charge in [-0.1, -0.05) is 38.1 Å². The van der Waals surface area contributed by atoms with Gasteiger partial charge in [0.2, 0.25) is 0 Å². The molecule has 0 saturated carbocycles. The summed E-state index contributed by atoms with van der Waals surface area (Å²) in [7, 11) is 0. The minimum Gasteiger partial charge on any atom is -0.484 e. The maximum absolute atomic E-state index is 11.9. The second-order valence-corrected chi connectivity index (χ2v) is 6.36. The van der Waals surface area contributed by atoms with Crippen molar-refractivity contribution in [1.82, 2.24) is 0 Å². The van der Waals surface area contributed by atoms with Crippen molar-refractivity contribution >= 4 is 34.2 Å². The summed E-state index contributed by atoms with van der Waals surface area (Å²) in [6.07, 6.45) is 1.11. The predicted molar refractivity (Wildman–Crippen MR) is 98.4 cm³/mol. The zero-order valence-corrected chi connectivity index (χ0v) is 15.0. The van der Waals surface area contributed by atoms with Gasteiger partial charge in [0.05, 0.1) is 5.69 Å². The maximum atomic E-state index is 11.9. The normalized spacial score (nSPS) is 11.8. The molecule has 1 amide bonds. The van der Waals surface area contributed by atoms with Crippen molar-refractivity contribution in [2.45, 2.75) is 26.2 Å². The summed E-state index contributed by atoms with van der Waals surface area (Å²) in [4.78, 5) is 11.9. The van der Waals surface area contributed by atoms with Crippen molar-refractivity contribution in [1.29, 1.82) is 0 Å². The average molecular weight is 409 g/mol. The van der Waals surface area contributed by atoms with Crippen molar-refractivity contribution in [3.05, 3.63) is 57.7 Å². The van der Waals surface area contributed by atoms with E-state index < -0.39 is 0 Å². The largest absolute Gasteiger partial charge is 0.484 e. The minimum absolute atomic E-state index is 0.00759. The number of carbonyl (C=O) groups excluding carboxylic acids is 1. The number of hydrogen-bond acceptors (Lipinski definition) is 2. The first-order valence-electron chi connectivity index (χ1n) is 7.37. The van der Waals surface area contributed by atoms with E-state index in [1.165, 1.54) is 5.56 Å². The van der Waals surface area contributed by atoms with Gasteiger partial charge in [0, 0.05) is 3.57 Å². The Kier molecular flexibility index (Phi) is 6.24. The third-order valence-electron chi connectivity index (χ3n) is 3.58. The van der Waals surface area contributed by atoms with Crippen LogP contribution in [0.15, 0.2) is 48.5 Å². The molecule has 3 nitrogen and oxygen atoms in total. The molecule has 0 fully saturated rings. The van der Waals surface area contributed by atoms with Gasteiger partial charge in [-0.05, 0) is 64.8 Å². The van der Waals surface area contributed by atoms with Crippen LogP contribution in [0.1, 0.15) is 31.7 Å². The van der Waals surface area contributed by atoms with Crippen molar-refractivity contribution < 1.29 is 9.53 Å². The van der Waals surface area contributed by atoms with Crippen LogP contribution in [0.5, 0.6) is 5.75 Å². The van der Waals surface area contributed by atoms with Crippen LogP contribution in [0.25, 0.3) is 0 Å². The highest BCUT2D eigenvalue weighted by Gasteiger charge is 2.07. The van der Waals surface area contributed by atoms with Crippen molar-refractivity contribution in [2.24, 2.45) is 0 Å². The van der Waals surface area contributed by atoms with Crippen LogP contribution in [-0.4, -0.2) is 12.5 Å². The van der Waals surface area contributed by atoms with Gasteiger partial charge < -0.3 is 10.1 Å². The molecule has 0 aliphatic heterocycles. The molecule has 116 valence electrons. The molecule has 1 N–H and O–H groups in total. The fraction of sp³-hybridized carbons (Fsp3) is 0.278. The van der Waals surface area contributed by atoms with Crippen molar-refractivity contribution in [3.63, 3.8) is 0 Å². The van der Waals surface area contributed by atoms with E-state index in [-0.39, 0.29) is 12.5 Å². The first-order valence-corrected chi connectivity index (χ1v) is 8.45. The fourth-order valence-electron chi connectivity index (χ4n) is 2.03. The van der Waals surface area contributed by atoms with Gasteiger partial charge in [-0.3, -0.25) is 4.79 Å². The van der Waals surface area contributed by atoms with E-state index in [2.05, 4.69) is 53.9 Å². The van der Waals surface area contributed by atoms with Crippen molar-refractivity contribution in [3.8, 4) is 5.75 Å². The van der Waals surface area contributed by atoms with E-state index in [0.29, 0.717) is 11.7 Å². The molecule has 0 spiro atoms. The standard InChI is InChI=1S/C18H20INO2/c1-3-13(2)14-8-10-15(11-9-14)22-12-18(21)20-17-7-5-4-6-16(17)19/h4-11,13H,3,12H2,1-2H3,(H,20,21)/t13-/m1/s1. The van der Waals surface area contributed by atoms with Gasteiger partial charge >= 0.3 is 0 Å². The lowest BCUT2D eigenvalue weighted by atomic mass is 9.99. The lowest BCUT2D eigenvalue weighted by Gasteiger charge is -2.11. The molecule has 0 heterocycles. The highest BCUT2D eigenvalue weighted by molar-refractivity contribution is 14.1. The Morgan fingerprint density at radius 2 is 1.86 bits per heavy atom. The minimum atomic E-state index is -0.157. The van der Waals surface area contributed by atoms with Gasteiger partial charge in [0.15, 0.2) is 6.61 Å². The third-order valence-corrected chi connectivity index (χ3v) is 4.52. The number of benzene rings is 2. The number of para-hydroxylation sites is 1. The molecule has 22 heavy (non-hydrogen) atoms. The predicted octanol–water partition coefficient (Wildman–Crippen LogP) is 4.82. The van der Waals surface area contributed by atoms with Crippen LogP contribution in [0.3, 0.4) is 0 Å². The molecule has 2 aromatic rings. The summed E-state index contributed by atoms with van der Waals surface area (Å²) < 4.78 is 6.54. The molecular formula is C18H20INO2. The number of ether oxygens (including phenoxy) is 1. The Balaban J connectivity index is 1.87. The van der Waals surface area contributed by atoms with Gasteiger partial charge in [0.1, 0.15) is 5.75 Å². The van der Waals surface area contributed by atoms with Crippen LogP contribution >= 0.6 is 22.6 Å². The molecule has 0 radical (unpaired) electrons. The summed E-state index contributed by atoms with van der Waals surface area (Å²) in [5.74, 6) is 1.09. The molecule has 4 heteroatoms. The Morgan fingerprint density at radius 3 is 2.50 bits per heavy atom. The smallest absolute Gasteiger partial charge is 0.262 e. The summed E-state index contributed by atoms with van der Waals surface area (Å²) in [6.45, 7) is 4.38. The average Bonchev–Trinajstić information content (AvgIpc) is 2.55. The number of hydrogen-bond donors (Lipinski definition) is 1. The number of anilines is 1. The SMILES string of the molecule is CC[C@@H](C)c1ccc(OCC(=O)Nc2ccccc2I)cc1. The molecular weight excluding hydrogens is 389 g/mol. The molecule has 2 aromatic carbocycles. The highest BCUT2D eigenvalue weighted by Crippen LogP contribution is 2.21. The molecule has 0 unspecified atom stereocenters. The second-order valence-electron chi connectivity index (χ2n) is 5.20. The lowest BCUT2D eigenvalue weighted by molar-refractivity contribution is -0.118. The Hall–Kier alpha value is -1.56. The lowest BCUT2D eigenvalue weighted by Crippen LogP contribution is -2.20. The third kappa shape index (κ3) is 4.73. The second kappa shape index (κ2) is 8.17. The van der Waals surface area contributed by atoms with E-state index in [1.54, 1.807) is 0 Å². The monoisotopic (exact) mass is 409 g/mol. The topological polar surface area (TPSA) is 38.3 Å². The molecule has 0 saturated heterocycles. The van der Waals surface area contributed by atoms with E-state index in [0.717, 1.165) is 15.7 Å². The summed E-state index contributed by atoms with van der Waals surface area (Å²) >= 11 is 2.19. The molecule has 0 aromatic heterocycles. The van der Waals surface area contributed by atoms with E-state index >= 15 is 0 Å². The number of halogens is 1. The zero-order chi connectivity index (χ0) is 15.9. The molecule has 0 aliphatic carbocycles. The van der Waals surface area contributed by atoms with E-state index in [1.807, 2.05) is 36.4 Å². The molecule has 2 rings (SSSR count). The first-order chi connectivity index (χ1) is 10.6. The number of rotatable bonds is 6. The first kappa shape index (κ1) is 16.8. The maximum Gasteiger partial charge on any atom is 0.262 e. The summed E-state index contributed by atoms with van der Waals surface area (Å²) in [5.41, 5.74) is 2.10. The van der Waals surface area contributed by atoms with Gasteiger partial charge in [-0.2, -0.15) is 0 Å². The van der Waals surface area contributed by atoms with Gasteiger partial charge in [-0.15, -0.1) is 0 Å². The van der Waals surface area contributed by atoms with Crippen LogP contribution in [0, 0.1) is 3.57 Å². The molecule has 1 atom stereocenters. The van der Waals surface area contributed by atoms with Crippen LogP contribution in [0.2, 0.25) is 0 Å². The number of amides is 1. The highest BCUT2D eigenvalue weighted by atomic mass is 127.